The van der Waals surface area contributed by atoms with Gasteiger partial charge in [0.15, 0.2) is 0 Å². The molecule has 1 saturated heterocycles. The molecule has 0 saturated carbocycles. The molecule has 1 amide bonds. The molecule has 2 aromatic carbocycles. The van der Waals surface area contributed by atoms with Gasteiger partial charge in [-0.2, -0.15) is 9.50 Å². The van der Waals surface area contributed by atoms with Gasteiger partial charge < -0.3 is 9.80 Å². The smallest absolute Gasteiger partial charge is 0.254 e. The Morgan fingerprint density at radius 2 is 1.71 bits per heavy atom. The predicted octanol–water partition coefficient (Wildman–Crippen LogP) is 4.70. The van der Waals surface area contributed by atoms with Crippen LogP contribution in [0, 0.1) is 0 Å². The Morgan fingerprint density at radius 3 is 2.38 bits per heavy atom. The van der Waals surface area contributed by atoms with Crippen molar-refractivity contribution in [3.8, 4) is 11.3 Å². The van der Waals surface area contributed by atoms with Crippen LogP contribution in [0.4, 0.5) is 5.95 Å². The molecule has 2 aromatic heterocycles. The molecule has 1 aliphatic heterocycles. The predicted molar refractivity (Wildman–Crippen MR) is 134 cm³/mol. The zero-order chi connectivity index (χ0) is 23.9. The highest BCUT2D eigenvalue weighted by Crippen LogP contribution is 2.27. The van der Waals surface area contributed by atoms with Crippen LogP contribution in [-0.2, 0) is 5.41 Å². The molecule has 0 unspecified atom stereocenters. The normalized spacial score (nSPS) is 14.6. The van der Waals surface area contributed by atoms with Crippen LogP contribution >= 0.6 is 11.6 Å². The van der Waals surface area contributed by atoms with Crippen molar-refractivity contribution >= 4 is 29.2 Å². The number of halogens is 1. The molecule has 1 fully saturated rings. The summed E-state index contributed by atoms with van der Waals surface area (Å²) < 4.78 is 1.80. The number of nitrogens with zero attached hydrogens (tertiary/aromatic N) is 6. The van der Waals surface area contributed by atoms with E-state index in [4.69, 9.17) is 16.7 Å². The highest BCUT2D eigenvalue weighted by atomic mass is 35.5. The first-order valence-electron chi connectivity index (χ1n) is 11.4. The van der Waals surface area contributed by atoms with Gasteiger partial charge in [-0.25, -0.2) is 4.98 Å². The minimum Gasteiger partial charge on any atom is -0.336 e. The average molecular weight is 475 g/mol. The summed E-state index contributed by atoms with van der Waals surface area (Å²) in [6, 6.07) is 17.6. The Morgan fingerprint density at radius 1 is 0.971 bits per heavy atom. The number of hydrogen-bond acceptors (Lipinski definition) is 5. The summed E-state index contributed by atoms with van der Waals surface area (Å²) in [5.74, 6) is 1.18. The minimum absolute atomic E-state index is 0.00670. The second-order valence-electron chi connectivity index (χ2n) is 9.57. The van der Waals surface area contributed by atoms with Crippen LogP contribution in [0.25, 0.3) is 17.0 Å². The summed E-state index contributed by atoms with van der Waals surface area (Å²) in [7, 11) is 0. The van der Waals surface area contributed by atoms with Gasteiger partial charge in [-0.05, 0) is 35.2 Å². The topological polar surface area (TPSA) is 66.6 Å². The number of anilines is 1. The van der Waals surface area contributed by atoms with Gasteiger partial charge in [0.05, 0.1) is 5.69 Å². The van der Waals surface area contributed by atoms with Crippen molar-refractivity contribution in [2.45, 2.75) is 26.2 Å². The van der Waals surface area contributed by atoms with Crippen LogP contribution in [0.15, 0.2) is 60.8 Å². The molecule has 1 aliphatic rings. The lowest BCUT2D eigenvalue weighted by atomic mass is 9.86. The van der Waals surface area contributed by atoms with Crippen molar-refractivity contribution in [2.75, 3.05) is 31.1 Å². The average Bonchev–Trinajstić information content (AvgIpc) is 3.28. The maximum absolute atomic E-state index is 12.8. The van der Waals surface area contributed by atoms with Crippen molar-refractivity contribution in [3.63, 3.8) is 0 Å². The maximum Gasteiger partial charge on any atom is 0.254 e. The van der Waals surface area contributed by atoms with Gasteiger partial charge in [0.25, 0.3) is 11.7 Å². The van der Waals surface area contributed by atoms with Gasteiger partial charge in [0.1, 0.15) is 0 Å². The van der Waals surface area contributed by atoms with Gasteiger partial charge >= 0.3 is 0 Å². The van der Waals surface area contributed by atoms with Crippen LogP contribution in [0.3, 0.4) is 0 Å². The largest absolute Gasteiger partial charge is 0.336 e. The molecular formula is C26H27ClN6O. The lowest BCUT2D eigenvalue weighted by molar-refractivity contribution is 0.0746. The van der Waals surface area contributed by atoms with Crippen LogP contribution < -0.4 is 4.90 Å². The Balaban J connectivity index is 1.34. The molecule has 4 aromatic rings. The molecule has 3 heterocycles. The van der Waals surface area contributed by atoms with Crippen LogP contribution in [0.5, 0.6) is 0 Å². The zero-order valence-electron chi connectivity index (χ0n) is 19.6. The second kappa shape index (κ2) is 8.72. The molecule has 7 nitrogen and oxygen atoms in total. The number of carbonyl (C=O) groups is 1. The van der Waals surface area contributed by atoms with Gasteiger partial charge in [0, 0.05) is 48.5 Å². The third-order valence-electron chi connectivity index (χ3n) is 6.20. The Bertz CT molecular complexity index is 1330. The number of rotatable bonds is 3. The molecule has 34 heavy (non-hydrogen) atoms. The third kappa shape index (κ3) is 4.35. The molecule has 0 radical (unpaired) electrons. The van der Waals surface area contributed by atoms with Gasteiger partial charge in [-0.3, -0.25) is 4.79 Å². The van der Waals surface area contributed by atoms with Crippen LogP contribution in [-0.4, -0.2) is 56.6 Å². The van der Waals surface area contributed by atoms with E-state index >= 15 is 0 Å². The van der Waals surface area contributed by atoms with Crippen LogP contribution in [0.2, 0.25) is 5.02 Å². The van der Waals surface area contributed by atoms with E-state index in [2.05, 4.69) is 59.9 Å². The van der Waals surface area contributed by atoms with E-state index in [-0.39, 0.29) is 11.3 Å². The molecule has 0 bridgehead atoms. The lowest BCUT2D eigenvalue weighted by Crippen LogP contribution is -2.49. The summed E-state index contributed by atoms with van der Waals surface area (Å²) in [6.07, 6.45) is 1.77. The summed E-state index contributed by atoms with van der Waals surface area (Å²) in [6.45, 7) is 9.11. The molecule has 0 aliphatic carbocycles. The fraction of sp³-hybridized carbons (Fsp3) is 0.308. The van der Waals surface area contributed by atoms with Crippen molar-refractivity contribution in [1.82, 2.24) is 24.5 Å². The monoisotopic (exact) mass is 474 g/mol. The summed E-state index contributed by atoms with van der Waals surface area (Å²) in [5, 5.41) is 5.34. The Kier molecular flexibility index (Phi) is 5.73. The second-order valence-corrected chi connectivity index (χ2v) is 10.0. The highest BCUT2D eigenvalue weighted by Gasteiger charge is 2.25. The third-order valence-corrected chi connectivity index (χ3v) is 6.43. The summed E-state index contributed by atoms with van der Waals surface area (Å²) in [5.41, 5.74) is 4.00. The number of hydrogen-bond donors (Lipinski definition) is 0. The SMILES string of the molecule is CC(C)(C)c1ccc(-c2ccnc3nc(N4CCN(C(=O)c5cccc(Cl)c5)CC4)nn23)cc1. The number of carbonyl (C=O) groups excluding carboxylic acids is 1. The van der Waals surface area contributed by atoms with E-state index in [0.717, 1.165) is 11.3 Å². The first kappa shape index (κ1) is 22.3. The lowest BCUT2D eigenvalue weighted by Gasteiger charge is -2.34. The van der Waals surface area contributed by atoms with Crippen LogP contribution in [0.1, 0.15) is 36.7 Å². The molecule has 174 valence electrons. The number of piperazine rings is 1. The minimum atomic E-state index is -0.00670. The van der Waals surface area contributed by atoms with Gasteiger partial charge in [-0.1, -0.05) is 62.7 Å². The number of amides is 1. The molecule has 0 N–H and O–H groups in total. The molecular weight excluding hydrogens is 448 g/mol. The number of benzene rings is 2. The zero-order valence-corrected chi connectivity index (χ0v) is 20.3. The molecule has 5 rings (SSSR count). The fourth-order valence-electron chi connectivity index (χ4n) is 4.19. The number of aromatic nitrogens is 4. The van der Waals surface area contributed by atoms with E-state index in [1.165, 1.54) is 5.56 Å². The molecule has 0 spiro atoms. The van der Waals surface area contributed by atoms with Crippen molar-refractivity contribution < 1.29 is 4.79 Å². The Hall–Kier alpha value is -3.45. The summed E-state index contributed by atoms with van der Waals surface area (Å²) >= 11 is 6.05. The first-order chi connectivity index (χ1) is 16.3. The van der Waals surface area contributed by atoms with Crippen molar-refractivity contribution in [1.29, 1.82) is 0 Å². The quantitative estimate of drug-likeness (QED) is 0.430. The fourth-order valence-corrected chi connectivity index (χ4v) is 4.38. The Labute approximate surface area is 204 Å². The maximum atomic E-state index is 12.8. The standard InChI is InChI=1S/C26H27ClN6O/c1-26(2,3)20-9-7-18(8-10-20)22-11-12-28-24-29-25(30-33(22)24)32-15-13-31(14-16-32)23(34)19-5-4-6-21(27)17-19/h4-12,17H,13-16H2,1-3H3. The van der Waals surface area contributed by atoms with Gasteiger partial charge in [-0.15, -0.1) is 5.10 Å². The van der Waals surface area contributed by atoms with E-state index in [1.54, 1.807) is 35.0 Å². The molecule has 8 heteroatoms. The van der Waals surface area contributed by atoms with Crippen molar-refractivity contribution in [3.05, 3.63) is 76.9 Å². The van der Waals surface area contributed by atoms with E-state index in [0.29, 0.717) is 48.5 Å². The number of fused-ring (bicyclic) bond motifs is 1. The van der Waals surface area contributed by atoms with Crippen molar-refractivity contribution in [2.24, 2.45) is 0 Å². The van der Waals surface area contributed by atoms with E-state index in [9.17, 15) is 4.79 Å². The van der Waals surface area contributed by atoms with Gasteiger partial charge in [0.2, 0.25) is 5.95 Å². The highest BCUT2D eigenvalue weighted by molar-refractivity contribution is 6.30. The molecule has 0 atom stereocenters. The van der Waals surface area contributed by atoms with E-state index in [1.807, 2.05) is 11.0 Å². The summed E-state index contributed by atoms with van der Waals surface area (Å²) in [4.78, 5) is 25.9. The van der Waals surface area contributed by atoms with E-state index < -0.39 is 0 Å². The first-order valence-corrected chi connectivity index (χ1v) is 11.8.